The van der Waals surface area contributed by atoms with Crippen molar-refractivity contribution in [2.45, 2.75) is 5.66 Å². The predicted octanol–water partition coefficient (Wildman–Crippen LogP) is -0.757. The molecule has 0 radical (unpaired) electrons. The monoisotopic (exact) mass is 348 g/mol. The Bertz CT molecular complexity index is 841. The molecule has 6 heteroatoms. The van der Waals surface area contributed by atoms with Gasteiger partial charge in [-0.15, -0.1) is 0 Å². The van der Waals surface area contributed by atoms with Gasteiger partial charge >= 0.3 is 29.6 Å². The SMILES string of the molecule is O=C(c1ccccc1)C(c1cccc2ccccc12)[P+]([O-])([O-])O.[Na+]. The summed E-state index contributed by atoms with van der Waals surface area (Å²) in [6.07, 6.45) is 0. The van der Waals surface area contributed by atoms with Gasteiger partial charge in [0.05, 0.1) is 7.94 Å². The maximum Gasteiger partial charge on any atom is 1.00 e. The van der Waals surface area contributed by atoms with Crippen molar-refractivity contribution >= 4 is 24.5 Å². The smallest absolute Gasteiger partial charge is 0.659 e. The van der Waals surface area contributed by atoms with Crippen molar-refractivity contribution in [1.82, 2.24) is 0 Å². The Labute approximate surface area is 162 Å². The first kappa shape index (κ1) is 19.2. The second-order valence-corrected chi connectivity index (χ2v) is 6.91. The molecule has 1 unspecified atom stereocenters. The molecule has 0 spiro atoms. The maximum absolute atomic E-state index is 12.7. The van der Waals surface area contributed by atoms with E-state index in [-0.39, 0.29) is 40.7 Å². The minimum absolute atomic E-state index is 0. The molecule has 0 saturated heterocycles. The summed E-state index contributed by atoms with van der Waals surface area (Å²) >= 11 is 0. The number of carbonyl (C=O) groups excluding carboxylic acids is 1. The molecule has 0 aliphatic rings. The van der Waals surface area contributed by atoms with Crippen molar-refractivity contribution in [2.24, 2.45) is 0 Å². The van der Waals surface area contributed by atoms with E-state index in [0.29, 0.717) is 5.39 Å². The third kappa shape index (κ3) is 3.93. The molecular weight excluding hydrogens is 334 g/mol. The molecule has 4 nitrogen and oxygen atoms in total. The molecule has 0 aliphatic heterocycles. The van der Waals surface area contributed by atoms with E-state index < -0.39 is 19.4 Å². The Morgan fingerprint density at radius 2 is 1.46 bits per heavy atom. The van der Waals surface area contributed by atoms with Gasteiger partial charge in [-0.2, -0.15) is 0 Å². The molecular formula is C18H14NaO4P. The van der Waals surface area contributed by atoms with Gasteiger partial charge in [-0.05, 0) is 10.8 Å². The molecule has 1 atom stereocenters. The number of hydrogen-bond donors (Lipinski definition) is 1. The van der Waals surface area contributed by atoms with Gasteiger partial charge < -0.3 is 9.79 Å². The van der Waals surface area contributed by atoms with Gasteiger partial charge in [-0.3, -0.25) is 9.69 Å². The summed E-state index contributed by atoms with van der Waals surface area (Å²) in [5.74, 6) is -0.636. The molecule has 0 saturated carbocycles. The van der Waals surface area contributed by atoms with Crippen LogP contribution in [0.15, 0.2) is 72.8 Å². The van der Waals surface area contributed by atoms with E-state index in [1.54, 1.807) is 42.5 Å². The number of ketones is 1. The summed E-state index contributed by atoms with van der Waals surface area (Å²) < 4.78 is 0. The zero-order valence-corrected chi connectivity index (χ0v) is 16.0. The molecule has 3 rings (SSSR count). The van der Waals surface area contributed by atoms with Crippen LogP contribution in [0.4, 0.5) is 0 Å². The molecule has 116 valence electrons. The number of fused-ring (bicyclic) bond motifs is 1. The quantitative estimate of drug-likeness (QED) is 0.382. The van der Waals surface area contributed by atoms with Crippen LogP contribution in [-0.2, 0) is 0 Å². The number of hydrogen-bond acceptors (Lipinski definition) is 4. The number of rotatable bonds is 4. The van der Waals surface area contributed by atoms with E-state index in [2.05, 4.69) is 0 Å². The largest absolute Gasteiger partial charge is 1.00 e. The third-order valence-corrected chi connectivity index (χ3v) is 4.92. The van der Waals surface area contributed by atoms with Crippen LogP contribution in [0.25, 0.3) is 10.8 Å². The first-order valence-corrected chi connectivity index (χ1v) is 8.73. The molecule has 0 aromatic heterocycles. The normalized spacial score (nSPS) is 12.5. The Balaban J connectivity index is 0.00000208. The van der Waals surface area contributed by atoms with E-state index in [1.807, 2.05) is 18.2 Å². The Kier molecular flexibility index (Phi) is 6.29. The van der Waals surface area contributed by atoms with Crippen LogP contribution in [0.1, 0.15) is 21.6 Å². The van der Waals surface area contributed by atoms with Crippen LogP contribution < -0.4 is 39.3 Å². The van der Waals surface area contributed by atoms with Crippen LogP contribution in [-0.4, -0.2) is 10.7 Å². The predicted molar refractivity (Wildman–Crippen MR) is 86.6 cm³/mol. The summed E-state index contributed by atoms with van der Waals surface area (Å²) in [6.45, 7) is 0. The summed E-state index contributed by atoms with van der Waals surface area (Å²) in [7, 11) is -4.92. The number of Topliss-reactive ketones (excluding diaryl/α,β-unsaturated/α-hetero) is 1. The van der Waals surface area contributed by atoms with Crippen molar-refractivity contribution in [1.29, 1.82) is 0 Å². The summed E-state index contributed by atoms with van der Waals surface area (Å²) in [4.78, 5) is 46.3. The second kappa shape index (κ2) is 7.85. The molecule has 0 amide bonds. The fourth-order valence-corrected chi connectivity index (χ4v) is 3.74. The van der Waals surface area contributed by atoms with Gasteiger partial charge in [0.25, 0.3) is 0 Å². The molecule has 3 aromatic carbocycles. The van der Waals surface area contributed by atoms with E-state index in [1.165, 1.54) is 12.1 Å². The van der Waals surface area contributed by atoms with Crippen molar-refractivity contribution in [3.63, 3.8) is 0 Å². The summed E-state index contributed by atoms with van der Waals surface area (Å²) in [5, 5.41) is 1.44. The van der Waals surface area contributed by atoms with Gasteiger partial charge in [-0.25, -0.2) is 0 Å². The van der Waals surface area contributed by atoms with Crippen molar-refractivity contribution in [3.8, 4) is 0 Å². The van der Waals surface area contributed by atoms with Crippen molar-refractivity contribution in [2.75, 3.05) is 0 Å². The fourth-order valence-electron chi connectivity index (χ4n) is 2.71. The van der Waals surface area contributed by atoms with Gasteiger partial charge in [0.1, 0.15) is 0 Å². The maximum atomic E-state index is 12.7. The summed E-state index contributed by atoms with van der Waals surface area (Å²) in [6, 6.07) is 20.4. The second-order valence-electron chi connectivity index (χ2n) is 5.27. The molecule has 3 aromatic rings. The van der Waals surface area contributed by atoms with Gasteiger partial charge in [0, 0.05) is 11.1 Å². The summed E-state index contributed by atoms with van der Waals surface area (Å²) in [5.41, 5.74) is -1.08. The molecule has 0 bridgehead atoms. The minimum atomic E-state index is -4.92. The average molecular weight is 348 g/mol. The fraction of sp³-hybridized carbons (Fsp3) is 0.0556. The molecule has 1 N–H and O–H groups in total. The Morgan fingerprint density at radius 3 is 2.12 bits per heavy atom. The van der Waals surface area contributed by atoms with Gasteiger partial charge in [-0.1, -0.05) is 72.8 Å². The molecule has 0 fully saturated rings. The number of benzene rings is 3. The third-order valence-electron chi connectivity index (χ3n) is 3.75. The first-order valence-electron chi connectivity index (χ1n) is 7.09. The standard InChI is InChI=1S/C18H15O4P.Na/c19-17(14-8-2-1-3-9-14)18(23(20,21)22)16-12-6-10-13-7-4-5-11-15(13)16;/h1-12,18H,(H2,20,21,22);/q;+1/p-1. The topological polar surface area (TPSA) is 83.4 Å². The van der Waals surface area contributed by atoms with Crippen LogP contribution in [0.5, 0.6) is 0 Å². The van der Waals surface area contributed by atoms with E-state index >= 15 is 0 Å². The average Bonchev–Trinajstić information content (AvgIpc) is 2.55. The van der Waals surface area contributed by atoms with Crippen LogP contribution in [0, 0.1) is 0 Å². The Hall–Kier alpha value is -1.10. The molecule has 0 heterocycles. The van der Waals surface area contributed by atoms with Crippen molar-refractivity contribution in [3.05, 3.63) is 83.9 Å². The first-order chi connectivity index (χ1) is 11.0. The zero-order chi connectivity index (χ0) is 16.4. The van der Waals surface area contributed by atoms with Gasteiger partial charge in [0.15, 0.2) is 5.66 Å². The van der Waals surface area contributed by atoms with E-state index in [4.69, 9.17) is 0 Å². The minimum Gasteiger partial charge on any atom is -0.659 e. The van der Waals surface area contributed by atoms with Gasteiger partial charge in [0.2, 0.25) is 5.78 Å². The molecule has 24 heavy (non-hydrogen) atoms. The molecule has 0 aliphatic carbocycles. The van der Waals surface area contributed by atoms with Crippen LogP contribution in [0.3, 0.4) is 0 Å². The zero-order valence-electron chi connectivity index (χ0n) is 13.1. The van der Waals surface area contributed by atoms with E-state index in [9.17, 15) is 19.5 Å². The Morgan fingerprint density at radius 1 is 0.875 bits per heavy atom. The number of carbonyl (C=O) groups is 1. The van der Waals surface area contributed by atoms with Crippen molar-refractivity contribution < 1.29 is 49.0 Å². The van der Waals surface area contributed by atoms with Crippen LogP contribution in [0.2, 0.25) is 0 Å². The van der Waals surface area contributed by atoms with Crippen LogP contribution >= 0.6 is 7.94 Å². The van der Waals surface area contributed by atoms with E-state index in [0.717, 1.165) is 5.39 Å².